The zero-order valence-corrected chi connectivity index (χ0v) is 17.0. The molecule has 0 saturated carbocycles. The molecule has 24 heavy (non-hydrogen) atoms. The van der Waals surface area contributed by atoms with Crippen molar-refractivity contribution in [3.05, 3.63) is 28.2 Å². The molecule has 1 aromatic carbocycles. The normalized spacial score (nSPS) is 16.1. The van der Waals surface area contributed by atoms with Crippen LogP contribution in [0.15, 0.2) is 27.6 Å². The van der Waals surface area contributed by atoms with E-state index in [9.17, 15) is 13.2 Å². The van der Waals surface area contributed by atoms with Gasteiger partial charge in [-0.1, -0.05) is 0 Å². The summed E-state index contributed by atoms with van der Waals surface area (Å²) in [7, 11) is -3.54. The zero-order valence-electron chi connectivity index (χ0n) is 14.6. The standard InChI is InChI=1S/C17H25BrN2O3S/c1-12(2)20(13(3)4)17(21)15-11-14(7-8-16(15)18)24(22,23)19-9-5-6-10-19/h7-8,11-13H,5-6,9-10H2,1-4H3. The molecule has 134 valence electrons. The maximum atomic E-state index is 12.9. The predicted octanol–water partition coefficient (Wildman–Crippen LogP) is 3.49. The van der Waals surface area contributed by atoms with Crippen LogP contribution in [0, 0.1) is 0 Å². The summed E-state index contributed by atoms with van der Waals surface area (Å²) in [5.74, 6) is -0.162. The molecule has 0 spiro atoms. The van der Waals surface area contributed by atoms with Gasteiger partial charge < -0.3 is 4.90 Å². The summed E-state index contributed by atoms with van der Waals surface area (Å²) in [4.78, 5) is 14.9. The monoisotopic (exact) mass is 416 g/mol. The first-order valence-corrected chi connectivity index (χ1v) is 10.5. The molecule has 5 nitrogen and oxygen atoms in total. The largest absolute Gasteiger partial charge is 0.334 e. The van der Waals surface area contributed by atoms with Crippen LogP contribution in [0.5, 0.6) is 0 Å². The number of amides is 1. The Labute approximate surface area is 153 Å². The number of hydrogen-bond donors (Lipinski definition) is 0. The Morgan fingerprint density at radius 2 is 1.67 bits per heavy atom. The lowest BCUT2D eigenvalue weighted by Crippen LogP contribution is -2.42. The van der Waals surface area contributed by atoms with Crippen LogP contribution in [0.1, 0.15) is 50.9 Å². The summed E-state index contributed by atoms with van der Waals surface area (Å²) in [6.45, 7) is 8.91. The molecule has 1 aromatic rings. The fraction of sp³-hybridized carbons (Fsp3) is 0.588. The van der Waals surface area contributed by atoms with Crippen molar-refractivity contribution in [3.8, 4) is 0 Å². The Bertz CT molecular complexity index is 703. The van der Waals surface area contributed by atoms with Crippen molar-refractivity contribution in [1.82, 2.24) is 9.21 Å². The molecule has 1 aliphatic heterocycles. The van der Waals surface area contributed by atoms with Gasteiger partial charge in [-0.25, -0.2) is 8.42 Å². The van der Waals surface area contributed by atoms with Crippen LogP contribution in [0.2, 0.25) is 0 Å². The molecule has 0 atom stereocenters. The number of benzene rings is 1. The topological polar surface area (TPSA) is 57.7 Å². The van der Waals surface area contributed by atoms with Gasteiger partial charge in [-0.2, -0.15) is 4.31 Å². The number of halogens is 1. The average molecular weight is 417 g/mol. The molecule has 0 radical (unpaired) electrons. The number of carbonyl (C=O) groups is 1. The summed E-state index contributed by atoms with van der Waals surface area (Å²) in [6, 6.07) is 4.77. The minimum atomic E-state index is -3.54. The first-order chi connectivity index (χ1) is 11.2. The second kappa shape index (κ2) is 7.54. The molecule has 0 aliphatic carbocycles. The number of hydrogen-bond acceptors (Lipinski definition) is 3. The van der Waals surface area contributed by atoms with Gasteiger partial charge in [0.15, 0.2) is 0 Å². The third kappa shape index (κ3) is 3.83. The van der Waals surface area contributed by atoms with Gasteiger partial charge in [0.25, 0.3) is 5.91 Å². The summed E-state index contributed by atoms with van der Waals surface area (Å²) < 4.78 is 27.6. The van der Waals surface area contributed by atoms with Crippen molar-refractivity contribution >= 4 is 31.9 Å². The van der Waals surface area contributed by atoms with Crippen LogP contribution < -0.4 is 0 Å². The summed E-state index contributed by atoms with van der Waals surface area (Å²) in [5.41, 5.74) is 0.387. The Kier molecular flexibility index (Phi) is 6.09. The SMILES string of the molecule is CC(C)N(C(=O)c1cc(S(=O)(=O)N2CCCC2)ccc1Br)C(C)C. The van der Waals surface area contributed by atoms with E-state index < -0.39 is 10.0 Å². The van der Waals surface area contributed by atoms with Gasteiger partial charge in [-0.3, -0.25) is 4.79 Å². The molecule has 7 heteroatoms. The third-order valence-corrected chi connectivity index (χ3v) is 6.80. The van der Waals surface area contributed by atoms with E-state index in [0.29, 0.717) is 23.1 Å². The lowest BCUT2D eigenvalue weighted by atomic mass is 10.1. The Morgan fingerprint density at radius 1 is 1.12 bits per heavy atom. The molecule has 1 saturated heterocycles. The molecular formula is C17H25BrN2O3S. The van der Waals surface area contributed by atoms with E-state index in [1.54, 1.807) is 17.0 Å². The molecule has 1 amide bonds. The molecular weight excluding hydrogens is 392 g/mol. The Hall–Kier alpha value is -0.920. The summed E-state index contributed by atoms with van der Waals surface area (Å²) in [6.07, 6.45) is 1.77. The van der Waals surface area contributed by atoms with Gasteiger partial charge in [0.05, 0.1) is 10.5 Å². The number of rotatable bonds is 5. The van der Waals surface area contributed by atoms with Gasteiger partial charge >= 0.3 is 0 Å². The molecule has 0 N–H and O–H groups in total. The van der Waals surface area contributed by atoms with Crippen LogP contribution in [-0.4, -0.2) is 48.7 Å². The molecule has 1 heterocycles. The molecule has 1 fully saturated rings. The van der Waals surface area contributed by atoms with Crippen molar-refractivity contribution in [2.24, 2.45) is 0 Å². The van der Waals surface area contributed by atoms with E-state index in [4.69, 9.17) is 0 Å². The van der Waals surface area contributed by atoms with Gasteiger partial charge in [0, 0.05) is 29.6 Å². The quantitative estimate of drug-likeness (QED) is 0.737. The number of carbonyl (C=O) groups excluding carboxylic acids is 1. The van der Waals surface area contributed by atoms with E-state index in [-0.39, 0.29) is 22.9 Å². The van der Waals surface area contributed by atoms with Crippen molar-refractivity contribution in [3.63, 3.8) is 0 Å². The molecule has 0 aromatic heterocycles. The van der Waals surface area contributed by atoms with Crippen LogP contribution >= 0.6 is 15.9 Å². The van der Waals surface area contributed by atoms with Crippen LogP contribution in [0.3, 0.4) is 0 Å². The summed E-state index contributed by atoms with van der Waals surface area (Å²) in [5, 5.41) is 0. The highest BCUT2D eigenvalue weighted by Crippen LogP contribution is 2.27. The highest BCUT2D eigenvalue weighted by Gasteiger charge is 2.29. The van der Waals surface area contributed by atoms with Gasteiger partial charge in [0.2, 0.25) is 10.0 Å². The smallest absolute Gasteiger partial charge is 0.255 e. The van der Waals surface area contributed by atoms with Gasteiger partial charge in [-0.05, 0) is 74.7 Å². The molecule has 2 rings (SSSR count). The highest BCUT2D eigenvalue weighted by molar-refractivity contribution is 9.10. The number of nitrogens with zero attached hydrogens (tertiary/aromatic N) is 2. The fourth-order valence-corrected chi connectivity index (χ4v) is 5.07. The molecule has 0 bridgehead atoms. The first kappa shape index (κ1) is 19.4. The van der Waals surface area contributed by atoms with Gasteiger partial charge in [0.1, 0.15) is 0 Å². The van der Waals surface area contributed by atoms with Crippen molar-refractivity contribution in [2.75, 3.05) is 13.1 Å². The molecule has 1 aliphatic rings. The van der Waals surface area contributed by atoms with Crippen molar-refractivity contribution in [2.45, 2.75) is 57.5 Å². The second-order valence-electron chi connectivity index (χ2n) is 6.65. The van der Waals surface area contributed by atoms with Crippen LogP contribution in [0.25, 0.3) is 0 Å². The van der Waals surface area contributed by atoms with Gasteiger partial charge in [-0.15, -0.1) is 0 Å². The van der Waals surface area contributed by atoms with Crippen LogP contribution in [-0.2, 0) is 10.0 Å². The summed E-state index contributed by atoms with van der Waals surface area (Å²) >= 11 is 3.39. The predicted molar refractivity (Wildman–Crippen MR) is 98.6 cm³/mol. The van der Waals surface area contributed by atoms with Crippen molar-refractivity contribution < 1.29 is 13.2 Å². The van der Waals surface area contributed by atoms with E-state index >= 15 is 0 Å². The molecule has 0 unspecified atom stereocenters. The second-order valence-corrected chi connectivity index (χ2v) is 9.45. The maximum absolute atomic E-state index is 12.9. The minimum Gasteiger partial charge on any atom is -0.334 e. The lowest BCUT2D eigenvalue weighted by molar-refractivity contribution is 0.0642. The van der Waals surface area contributed by atoms with Crippen molar-refractivity contribution in [1.29, 1.82) is 0 Å². The zero-order chi connectivity index (χ0) is 18.1. The first-order valence-electron chi connectivity index (χ1n) is 8.28. The van der Waals surface area contributed by atoms with E-state index in [0.717, 1.165) is 12.8 Å². The highest BCUT2D eigenvalue weighted by atomic mass is 79.9. The fourth-order valence-electron chi connectivity index (χ4n) is 3.11. The minimum absolute atomic E-state index is 0.0308. The van der Waals surface area contributed by atoms with Crippen LogP contribution in [0.4, 0.5) is 0 Å². The Balaban J connectivity index is 2.43. The Morgan fingerprint density at radius 3 is 2.17 bits per heavy atom. The number of sulfonamides is 1. The third-order valence-electron chi connectivity index (χ3n) is 4.22. The maximum Gasteiger partial charge on any atom is 0.255 e. The lowest BCUT2D eigenvalue weighted by Gasteiger charge is -2.31. The average Bonchev–Trinajstić information content (AvgIpc) is 3.01. The van der Waals surface area contributed by atoms with E-state index in [2.05, 4.69) is 15.9 Å². The van der Waals surface area contributed by atoms with E-state index in [1.807, 2.05) is 27.7 Å². The van der Waals surface area contributed by atoms with E-state index in [1.165, 1.54) is 10.4 Å².